The zero-order chi connectivity index (χ0) is 24.2. The predicted octanol–water partition coefficient (Wildman–Crippen LogP) is 8.17. The first-order valence-corrected chi connectivity index (χ1v) is 14.6. The highest BCUT2D eigenvalue weighted by atomic mass is 31.2. The van der Waals surface area contributed by atoms with Crippen LogP contribution in [0, 0.1) is 10.1 Å². The number of allylic oxidation sites excluding steroid dienone is 2. The van der Waals surface area contributed by atoms with Crippen molar-refractivity contribution < 1.29 is 18.9 Å². The van der Waals surface area contributed by atoms with Crippen molar-refractivity contribution >= 4 is 13.6 Å². The van der Waals surface area contributed by atoms with E-state index in [1.165, 1.54) is 94.9 Å². The Hall–Kier alpha value is -1.49. The van der Waals surface area contributed by atoms with Crippen LogP contribution in [0.3, 0.4) is 0 Å². The van der Waals surface area contributed by atoms with Crippen LogP contribution in [0.2, 0.25) is 0 Å². The van der Waals surface area contributed by atoms with Crippen molar-refractivity contribution in [1.82, 2.24) is 0 Å². The minimum atomic E-state index is -3.25. The molecule has 1 rings (SSSR count). The van der Waals surface area contributed by atoms with Crippen molar-refractivity contribution in [2.75, 3.05) is 12.8 Å². The number of benzene rings is 1. The molecule has 0 fully saturated rings. The summed E-state index contributed by atoms with van der Waals surface area (Å²) in [7, 11) is -3.25. The number of rotatable bonds is 21. The highest BCUT2D eigenvalue weighted by molar-refractivity contribution is 7.59. The number of hydrogen-bond donors (Lipinski definition) is 0. The third-order valence-electron chi connectivity index (χ3n) is 5.56. The second kappa shape index (κ2) is 18.9. The molecule has 0 amide bonds. The van der Waals surface area contributed by atoms with E-state index in [2.05, 4.69) is 19.1 Å². The second-order valence-corrected chi connectivity index (χ2v) is 10.6. The molecule has 0 N–H and O–H groups in total. The van der Waals surface area contributed by atoms with Crippen LogP contribution in [-0.2, 0) is 4.52 Å². The molecule has 33 heavy (non-hydrogen) atoms. The molecule has 1 aromatic carbocycles. The summed E-state index contributed by atoms with van der Waals surface area (Å²) in [5.41, 5.74) is -0.0260. The molecular weight excluding hydrogens is 437 g/mol. The third kappa shape index (κ3) is 15.1. The Kier molecular flexibility index (Phi) is 16.9. The molecular formula is C26H44NO5P. The monoisotopic (exact) mass is 481 g/mol. The van der Waals surface area contributed by atoms with Crippen molar-refractivity contribution in [2.45, 2.75) is 104 Å². The zero-order valence-electron chi connectivity index (χ0n) is 20.7. The molecule has 0 spiro atoms. The number of nitro benzene ring substituents is 1. The number of hydrogen-bond acceptors (Lipinski definition) is 5. The molecule has 0 aliphatic heterocycles. The lowest BCUT2D eigenvalue weighted by Crippen LogP contribution is -2.21. The summed E-state index contributed by atoms with van der Waals surface area (Å²) in [6.45, 7) is 4.34. The van der Waals surface area contributed by atoms with E-state index in [0.717, 1.165) is 19.3 Å². The minimum absolute atomic E-state index is 0.0260. The van der Waals surface area contributed by atoms with Gasteiger partial charge in [-0.05, 0) is 57.6 Å². The van der Waals surface area contributed by atoms with E-state index < -0.39 is 12.9 Å². The first kappa shape index (κ1) is 29.5. The standard InChI is InChI=1S/C26H44NO5P/c1-3-5-6-7-8-9-10-11-12-13-14-15-16-17-18-19-24-33(30,31-4-2)32-26-22-20-25(21-23-26)27(28)29/h11-12,20-23H,3-10,13-19,24H2,1-2H3/b12-11-. The molecule has 1 unspecified atom stereocenters. The normalized spacial score (nSPS) is 13.3. The lowest BCUT2D eigenvalue weighted by molar-refractivity contribution is -0.384. The van der Waals surface area contributed by atoms with Gasteiger partial charge in [-0.15, -0.1) is 0 Å². The van der Waals surface area contributed by atoms with Crippen LogP contribution >= 0.6 is 7.94 Å². The maximum Gasteiger partial charge on any atom is 0.284 e. The first-order chi connectivity index (χ1) is 16.0. The van der Waals surface area contributed by atoms with Gasteiger partial charge in [0.05, 0.1) is 11.5 Å². The van der Waals surface area contributed by atoms with Gasteiger partial charge in [-0.25, -0.2) is 4.52 Å². The fourth-order valence-electron chi connectivity index (χ4n) is 3.68. The maximum atomic E-state index is 13.0. The molecule has 6 nitrogen and oxygen atoms in total. The largest absolute Gasteiger partial charge is 0.624 e. The van der Waals surface area contributed by atoms with E-state index in [1.54, 1.807) is 6.92 Å². The lowest BCUT2D eigenvalue weighted by Gasteiger charge is -2.27. The summed E-state index contributed by atoms with van der Waals surface area (Å²) in [6, 6.07) is 5.61. The van der Waals surface area contributed by atoms with Crippen LogP contribution in [0.15, 0.2) is 36.4 Å². The molecule has 0 aliphatic rings. The Morgan fingerprint density at radius 1 is 0.818 bits per heavy atom. The Bertz CT molecular complexity index is 653. The average Bonchev–Trinajstić information content (AvgIpc) is 2.79. The Balaban J connectivity index is 2.10. The SMILES string of the molecule is CCCCCCCC/C=C\CCCCCCCC[P+]([O-])(OCC)Oc1ccc([N+](=O)[O-])cc1. The van der Waals surface area contributed by atoms with Gasteiger partial charge in [0.25, 0.3) is 13.6 Å². The lowest BCUT2D eigenvalue weighted by atomic mass is 10.1. The van der Waals surface area contributed by atoms with Crippen molar-refractivity contribution in [1.29, 1.82) is 0 Å². The van der Waals surface area contributed by atoms with Crippen molar-refractivity contribution in [3.8, 4) is 5.75 Å². The summed E-state index contributed by atoms with van der Waals surface area (Å²) >= 11 is 0. The summed E-state index contributed by atoms with van der Waals surface area (Å²) < 4.78 is 11.0. The highest BCUT2D eigenvalue weighted by Gasteiger charge is 2.30. The number of unbranched alkanes of at least 4 members (excludes halogenated alkanes) is 12. The predicted molar refractivity (Wildman–Crippen MR) is 137 cm³/mol. The minimum Gasteiger partial charge on any atom is -0.624 e. The van der Waals surface area contributed by atoms with E-state index in [4.69, 9.17) is 9.05 Å². The fourth-order valence-corrected chi connectivity index (χ4v) is 5.40. The Morgan fingerprint density at radius 3 is 1.85 bits per heavy atom. The number of nitrogens with zero attached hydrogens (tertiary/aromatic N) is 1. The molecule has 0 heterocycles. The first-order valence-electron chi connectivity index (χ1n) is 12.8. The molecule has 1 aromatic rings. The van der Waals surface area contributed by atoms with Gasteiger partial charge in [0.2, 0.25) is 0 Å². The Morgan fingerprint density at radius 2 is 1.33 bits per heavy atom. The molecule has 0 saturated heterocycles. The van der Waals surface area contributed by atoms with Crippen molar-refractivity contribution in [2.24, 2.45) is 0 Å². The topological polar surface area (TPSA) is 84.7 Å². The van der Waals surface area contributed by atoms with Gasteiger partial charge in [0, 0.05) is 12.1 Å². The highest BCUT2D eigenvalue weighted by Crippen LogP contribution is 2.53. The van der Waals surface area contributed by atoms with Crippen LogP contribution < -0.4 is 9.42 Å². The van der Waals surface area contributed by atoms with Gasteiger partial charge in [0.1, 0.15) is 6.16 Å². The van der Waals surface area contributed by atoms with Crippen LogP contribution in [0.4, 0.5) is 5.69 Å². The van der Waals surface area contributed by atoms with Crippen LogP contribution in [-0.4, -0.2) is 17.7 Å². The third-order valence-corrected chi connectivity index (χ3v) is 7.57. The quantitative estimate of drug-likeness (QED) is 0.0581. The van der Waals surface area contributed by atoms with Crippen LogP contribution in [0.25, 0.3) is 0 Å². The molecule has 0 bridgehead atoms. The summed E-state index contributed by atoms with van der Waals surface area (Å²) in [6.07, 6.45) is 22.1. The van der Waals surface area contributed by atoms with Crippen molar-refractivity contribution in [3.63, 3.8) is 0 Å². The average molecular weight is 482 g/mol. The van der Waals surface area contributed by atoms with Crippen LogP contribution in [0.1, 0.15) is 104 Å². The van der Waals surface area contributed by atoms with E-state index in [0.29, 0.717) is 18.5 Å². The molecule has 0 aromatic heterocycles. The molecule has 188 valence electrons. The molecule has 0 aliphatic carbocycles. The van der Waals surface area contributed by atoms with E-state index >= 15 is 0 Å². The summed E-state index contributed by atoms with van der Waals surface area (Å²) in [4.78, 5) is 23.2. The molecule has 7 heteroatoms. The van der Waals surface area contributed by atoms with E-state index in [1.807, 2.05) is 0 Å². The molecule has 0 radical (unpaired) electrons. The second-order valence-electron chi connectivity index (χ2n) is 8.53. The zero-order valence-corrected chi connectivity index (χ0v) is 21.6. The van der Waals surface area contributed by atoms with E-state index in [-0.39, 0.29) is 5.69 Å². The van der Waals surface area contributed by atoms with Gasteiger partial charge in [0.15, 0.2) is 5.75 Å². The van der Waals surface area contributed by atoms with Gasteiger partial charge in [-0.1, -0.05) is 70.4 Å². The van der Waals surface area contributed by atoms with Gasteiger partial charge >= 0.3 is 0 Å². The van der Waals surface area contributed by atoms with Crippen molar-refractivity contribution in [3.05, 3.63) is 46.5 Å². The Labute approximate surface area is 201 Å². The molecule has 0 saturated carbocycles. The number of non-ortho nitro benzene ring substituents is 1. The molecule has 1 atom stereocenters. The maximum absolute atomic E-state index is 13.0. The summed E-state index contributed by atoms with van der Waals surface area (Å²) in [5, 5.41) is 10.8. The smallest absolute Gasteiger partial charge is 0.284 e. The van der Waals surface area contributed by atoms with Gasteiger partial charge < -0.3 is 9.42 Å². The summed E-state index contributed by atoms with van der Waals surface area (Å²) in [5.74, 6) is 0.335. The van der Waals surface area contributed by atoms with Gasteiger partial charge in [-0.2, -0.15) is 0 Å². The van der Waals surface area contributed by atoms with E-state index in [9.17, 15) is 15.0 Å². The number of nitro groups is 1. The fraction of sp³-hybridized carbons (Fsp3) is 0.692. The van der Waals surface area contributed by atoms with Crippen LogP contribution in [0.5, 0.6) is 5.75 Å². The van der Waals surface area contributed by atoms with Gasteiger partial charge in [-0.3, -0.25) is 10.1 Å².